The number of rotatable bonds is 20. The van der Waals surface area contributed by atoms with Crippen molar-refractivity contribution in [3.05, 3.63) is 24.3 Å². The maximum Gasteiger partial charge on any atom is 0.333 e. The van der Waals surface area contributed by atoms with Crippen LogP contribution in [-0.4, -0.2) is 129 Å². The van der Waals surface area contributed by atoms with Crippen LogP contribution in [0.25, 0.3) is 0 Å². The molecule has 0 heterocycles. The van der Waals surface area contributed by atoms with Crippen LogP contribution in [0.15, 0.2) is 24.3 Å². The average Bonchev–Trinajstić information content (AvgIpc) is 2.80. The van der Waals surface area contributed by atoms with Crippen molar-refractivity contribution in [1.29, 1.82) is 0 Å². The number of ether oxygens (including phenoxy) is 2. The van der Waals surface area contributed by atoms with Gasteiger partial charge in [0.15, 0.2) is 0 Å². The Morgan fingerprint density at radius 1 is 0.811 bits per heavy atom. The maximum atomic E-state index is 11.8. The molecular weight excluding hydrogens is 496 g/mol. The standard InChI is InChI=1S/C23H36N2O12/c1-14(2)22(34)36-12-16(11-26)24(6-5-19(28)29)7-8-25(18(21(32)33)9-20(30)31)10-17(27)13-37-23(35)15(3)4/h16-18,26-27H,1,3,5-13H2,2,4H3,(H,28,29)(H,30,31)(H,32,33). The third-order valence-corrected chi connectivity index (χ3v) is 5.06. The van der Waals surface area contributed by atoms with Crippen molar-refractivity contribution in [2.24, 2.45) is 0 Å². The van der Waals surface area contributed by atoms with E-state index in [9.17, 15) is 44.4 Å². The Labute approximate surface area is 214 Å². The Hall–Kier alpha value is -3.33. The normalized spacial score (nSPS) is 13.5. The summed E-state index contributed by atoms with van der Waals surface area (Å²) < 4.78 is 9.92. The van der Waals surface area contributed by atoms with Gasteiger partial charge in [0.1, 0.15) is 25.4 Å². The van der Waals surface area contributed by atoms with Crippen molar-refractivity contribution in [3.8, 4) is 0 Å². The molecule has 0 spiro atoms. The largest absolute Gasteiger partial charge is 0.481 e. The summed E-state index contributed by atoms with van der Waals surface area (Å²) in [6, 6.07) is -2.45. The lowest BCUT2D eigenvalue weighted by Gasteiger charge is -2.34. The van der Waals surface area contributed by atoms with Crippen LogP contribution in [0.4, 0.5) is 0 Å². The van der Waals surface area contributed by atoms with Crippen LogP contribution in [0, 0.1) is 0 Å². The molecule has 3 atom stereocenters. The Bertz CT molecular complexity index is 844. The number of carbonyl (C=O) groups excluding carboxylic acids is 2. The van der Waals surface area contributed by atoms with E-state index in [4.69, 9.17) is 14.6 Å². The smallest absolute Gasteiger partial charge is 0.333 e. The van der Waals surface area contributed by atoms with Crippen molar-refractivity contribution in [2.45, 2.75) is 44.9 Å². The van der Waals surface area contributed by atoms with E-state index in [-0.39, 0.29) is 43.8 Å². The third kappa shape index (κ3) is 14.1. The van der Waals surface area contributed by atoms with E-state index in [1.165, 1.54) is 18.7 Å². The monoisotopic (exact) mass is 532 g/mol. The number of aliphatic carboxylic acids is 3. The number of hydrogen-bond donors (Lipinski definition) is 5. The minimum atomic E-state index is -1.58. The highest BCUT2D eigenvalue weighted by molar-refractivity contribution is 5.87. The van der Waals surface area contributed by atoms with Gasteiger partial charge in [0.05, 0.1) is 25.5 Å². The first kappa shape index (κ1) is 33.7. The summed E-state index contributed by atoms with van der Waals surface area (Å²) in [5.41, 5.74) is 0.189. The predicted molar refractivity (Wildman–Crippen MR) is 128 cm³/mol. The summed E-state index contributed by atoms with van der Waals surface area (Å²) in [4.78, 5) is 60.1. The second-order valence-corrected chi connectivity index (χ2v) is 8.37. The molecule has 14 nitrogen and oxygen atoms in total. The number of aliphatic hydroxyl groups excluding tert-OH is 2. The van der Waals surface area contributed by atoms with Crippen molar-refractivity contribution < 1.29 is 59.0 Å². The molecule has 3 unspecified atom stereocenters. The van der Waals surface area contributed by atoms with Crippen molar-refractivity contribution in [3.63, 3.8) is 0 Å². The van der Waals surface area contributed by atoms with Gasteiger partial charge in [-0.1, -0.05) is 13.2 Å². The fourth-order valence-corrected chi connectivity index (χ4v) is 3.07. The zero-order chi connectivity index (χ0) is 28.7. The maximum absolute atomic E-state index is 11.8. The Kier molecular flexibility index (Phi) is 15.6. The number of hydrogen-bond acceptors (Lipinski definition) is 11. The summed E-state index contributed by atoms with van der Waals surface area (Å²) in [6.07, 6.45) is -2.57. The van der Waals surface area contributed by atoms with E-state index in [0.29, 0.717) is 0 Å². The quantitative estimate of drug-likeness (QED) is 0.0936. The molecule has 5 N–H and O–H groups in total. The summed E-state index contributed by atoms with van der Waals surface area (Å²) in [6.45, 7) is 7.48. The fourth-order valence-electron chi connectivity index (χ4n) is 3.07. The van der Waals surface area contributed by atoms with Crippen molar-refractivity contribution in [1.82, 2.24) is 9.80 Å². The second kappa shape index (κ2) is 17.2. The molecule has 0 fully saturated rings. The summed E-state index contributed by atoms with van der Waals surface area (Å²) in [7, 11) is 0. The highest BCUT2D eigenvalue weighted by Gasteiger charge is 2.31. The molecule has 0 amide bonds. The summed E-state index contributed by atoms with van der Waals surface area (Å²) in [5, 5.41) is 48.0. The zero-order valence-corrected chi connectivity index (χ0v) is 21.0. The minimum Gasteiger partial charge on any atom is -0.481 e. The molecule has 0 saturated carbocycles. The molecule has 0 radical (unpaired) electrons. The fraction of sp³-hybridized carbons (Fsp3) is 0.609. The highest BCUT2D eigenvalue weighted by atomic mass is 16.5. The first-order valence-corrected chi connectivity index (χ1v) is 11.3. The molecule has 14 heteroatoms. The average molecular weight is 533 g/mol. The van der Waals surface area contributed by atoms with Crippen LogP contribution >= 0.6 is 0 Å². The summed E-state index contributed by atoms with van der Waals surface area (Å²) >= 11 is 0. The van der Waals surface area contributed by atoms with Crippen LogP contribution in [0.1, 0.15) is 26.7 Å². The molecule has 0 aromatic carbocycles. The molecule has 0 aliphatic carbocycles. The highest BCUT2D eigenvalue weighted by Crippen LogP contribution is 2.11. The van der Waals surface area contributed by atoms with Gasteiger partial charge in [-0.2, -0.15) is 0 Å². The van der Waals surface area contributed by atoms with Crippen LogP contribution in [-0.2, 0) is 33.4 Å². The van der Waals surface area contributed by atoms with E-state index in [1.807, 2.05) is 0 Å². The van der Waals surface area contributed by atoms with E-state index < -0.39 is 74.2 Å². The van der Waals surface area contributed by atoms with Gasteiger partial charge in [0, 0.05) is 37.3 Å². The molecule has 0 aliphatic heterocycles. The van der Waals surface area contributed by atoms with Gasteiger partial charge in [-0.05, 0) is 13.8 Å². The van der Waals surface area contributed by atoms with Crippen LogP contribution in [0.3, 0.4) is 0 Å². The zero-order valence-electron chi connectivity index (χ0n) is 21.0. The Balaban J connectivity index is 5.73. The van der Waals surface area contributed by atoms with Gasteiger partial charge < -0.3 is 35.0 Å². The molecule has 0 saturated heterocycles. The number of carboxylic acids is 3. The van der Waals surface area contributed by atoms with Gasteiger partial charge in [-0.25, -0.2) is 9.59 Å². The lowest BCUT2D eigenvalue weighted by atomic mass is 10.1. The van der Waals surface area contributed by atoms with E-state index in [1.54, 1.807) is 0 Å². The van der Waals surface area contributed by atoms with Crippen LogP contribution in [0.2, 0.25) is 0 Å². The number of aliphatic hydroxyl groups is 2. The molecule has 0 aromatic rings. The predicted octanol–water partition coefficient (Wildman–Crippen LogP) is -1.05. The Morgan fingerprint density at radius 3 is 1.76 bits per heavy atom. The lowest BCUT2D eigenvalue weighted by molar-refractivity contribution is -0.151. The van der Waals surface area contributed by atoms with Gasteiger partial charge in [-0.3, -0.25) is 24.2 Å². The topological polar surface area (TPSA) is 211 Å². The first-order chi connectivity index (χ1) is 17.2. The third-order valence-electron chi connectivity index (χ3n) is 5.06. The Morgan fingerprint density at radius 2 is 1.32 bits per heavy atom. The molecular formula is C23H36N2O12. The van der Waals surface area contributed by atoms with Gasteiger partial charge >= 0.3 is 29.8 Å². The van der Waals surface area contributed by atoms with E-state index in [0.717, 1.165) is 4.90 Å². The van der Waals surface area contributed by atoms with Gasteiger partial charge in [-0.15, -0.1) is 0 Å². The van der Waals surface area contributed by atoms with Gasteiger partial charge in [0.25, 0.3) is 0 Å². The number of carboxylic acid groups (broad SMARTS) is 3. The molecule has 0 bridgehead atoms. The number of carbonyl (C=O) groups is 5. The molecule has 0 aliphatic rings. The van der Waals surface area contributed by atoms with Crippen LogP contribution < -0.4 is 0 Å². The number of esters is 2. The molecule has 0 rings (SSSR count). The second-order valence-electron chi connectivity index (χ2n) is 8.37. The van der Waals surface area contributed by atoms with Gasteiger partial charge in [0.2, 0.25) is 0 Å². The SMILES string of the molecule is C=C(C)C(=O)OCC(O)CN(CCN(CCC(=O)O)C(CO)COC(=O)C(=C)C)C(CC(=O)O)C(=O)O. The minimum absolute atomic E-state index is 0.0785. The first-order valence-electron chi connectivity index (χ1n) is 11.3. The molecule has 0 aromatic heterocycles. The van der Waals surface area contributed by atoms with Crippen LogP contribution in [0.5, 0.6) is 0 Å². The molecule has 37 heavy (non-hydrogen) atoms. The number of nitrogens with zero attached hydrogens (tertiary/aromatic N) is 2. The molecule has 210 valence electrons. The van der Waals surface area contributed by atoms with E-state index in [2.05, 4.69) is 13.2 Å². The summed E-state index contributed by atoms with van der Waals surface area (Å²) in [5.74, 6) is -5.55. The van der Waals surface area contributed by atoms with Crippen molar-refractivity contribution in [2.75, 3.05) is 46.0 Å². The van der Waals surface area contributed by atoms with Crippen molar-refractivity contribution >= 4 is 29.8 Å². The van der Waals surface area contributed by atoms with E-state index >= 15 is 0 Å². The lowest BCUT2D eigenvalue weighted by Crippen LogP contribution is -2.52.